The number of carbonyl (C=O) groups is 2. The average Bonchev–Trinajstić information content (AvgIpc) is 2.45. The number of rotatable bonds is 5. The van der Waals surface area contributed by atoms with Crippen molar-refractivity contribution < 1.29 is 9.59 Å². The molecular formula is C14H19ClN2O2. The maximum absolute atomic E-state index is 11.9. The molecule has 4 nitrogen and oxygen atoms in total. The Morgan fingerprint density at radius 1 is 1.32 bits per heavy atom. The molecule has 0 fully saturated rings. The first-order valence-electron chi connectivity index (χ1n) is 6.11. The van der Waals surface area contributed by atoms with Gasteiger partial charge in [-0.1, -0.05) is 19.1 Å². The summed E-state index contributed by atoms with van der Waals surface area (Å²) in [6, 6.07) is 7.19. The van der Waals surface area contributed by atoms with E-state index in [-0.39, 0.29) is 17.7 Å². The molecule has 1 atom stereocenters. The zero-order valence-electron chi connectivity index (χ0n) is 11.4. The molecule has 0 bridgehead atoms. The fraction of sp³-hybridized carbons (Fsp3) is 0.429. The summed E-state index contributed by atoms with van der Waals surface area (Å²) in [6.07, 6.45) is 0. The SMILES string of the molecule is CNC(=O)c1ccc(CN(C)C(=O)C(C)CCl)cc1. The van der Waals surface area contributed by atoms with Crippen LogP contribution in [0.15, 0.2) is 24.3 Å². The molecule has 0 heterocycles. The molecule has 1 unspecified atom stereocenters. The smallest absolute Gasteiger partial charge is 0.251 e. The van der Waals surface area contributed by atoms with E-state index in [1.807, 2.05) is 12.1 Å². The van der Waals surface area contributed by atoms with Crippen LogP contribution in [0.4, 0.5) is 0 Å². The van der Waals surface area contributed by atoms with E-state index in [0.717, 1.165) is 5.56 Å². The third-order valence-corrected chi connectivity index (χ3v) is 3.36. The molecule has 19 heavy (non-hydrogen) atoms. The Kier molecular flexibility index (Phi) is 5.83. The summed E-state index contributed by atoms with van der Waals surface area (Å²) in [5.41, 5.74) is 1.58. The molecular weight excluding hydrogens is 264 g/mol. The van der Waals surface area contributed by atoms with Crippen LogP contribution < -0.4 is 5.32 Å². The molecule has 1 aromatic carbocycles. The summed E-state index contributed by atoms with van der Waals surface area (Å²) in [5, 5.41) is 2.56. The van der Waals surface area contributed by atoms with Crippen LogP contribution in [0.3, 0.4) is 0 Å². The summed E-state index contributed by atoms with van der Waals surface area (Å²) in [4.78, 5) is 24.9. The summed E-state index contributed by atoms with van der Waals surface area (Å²) < 4.78 is 0. The third-order valence-electron chi connectivity index (χ3n) is 2.89. The molecule has 0 aliphatic carbocycles. The summed E-state index contributed by atoms with van der Waals surface area (Å²) in [6.45, 7) is 2.31. The molecule has 104 valence electrons. The van der Waals surface area contributed by atoms with E-state index >= 15 is 0 Å². The number of alkyl halides is 1. The van der Waals surface area contributed by atoms with Crippen LogP contribution in [0.25, 0.3) is 0 Å². The van der Waals surface area contributed by atoms with Crippen molar-refractivity contribution in [2.24, 2.45) is 5.92 Å². The average molecular weight is 283 g/mol. The van der Waals surface area contributed by atoms with Gasteiger partial charge < -0.3 is 10.2 Å². The van der Waals surface area contributed by atoms with E-state index in [2.05, 4.69) is 5.32 Å². The summed E-state index contributed by atoms with van der Waals surface area (Å²) in [5.74, 6) is 0.0348. The van der Waals surface area contributed by atoms with E-state index in [4.69, 9.17) is 11.6 Å². The zero-order valence-corrected chi connectivity index (χ0v) is 12.2. The fourth-order valence-corrected chi connectivity index (χ4v) is 1.83. The molecule has 5 heteroatoms. The minimum Gasteiger partial charge on any atom is -0.355 e. The highest BCUT2D eigenvalue weighted by molar-refractivity contribution is 6.19. The number of hydrogen-bond acceptors (Lipinski definition) is 2. The summed E-state index contributed by atoms with van der Waals surface area (Å²) >= 11 is 5.67. The van der Waals surface area contributed by atoms with Gasteiger partial charge in [-0.05, 0) is 17.7 Å². The van der Waals surface area contributed by atoms with Crippen molar-refractivity contribution in [3.05, 3.63) is 35.4 Å². The molecule has 2 amide bonds. The van der Waals surface area contributed by atoms with Crippen LogP contribution >= 0.6 is 11.6 Å². The topological polar surface area (TPSA) is 49.4 Å². The largest absolute Gasteiger partial charge is 0.355 e. The van der Waals surface area contributed by atoms with Crippen molar-refractivity contribution in [2.45, 2.75) is 13.5 Å². The number of halogens is 1. The van der Waals surface area contributed by atoms with Crippen molar-refractivity contribution in [1.29, 1.82) is 0 Å². The van der Waals surface area contributed by atoms with Gasteiger partial charge in [0.2, 0.25) is 5.91 Å². The molecule has 1 rings (SSSR count). The Bertz CT molecular complexity index is 445. The van der Waals surface area contributed by atoms with Crippen LogP contribution in [-0.2, 0) is 11.3 Å². The number of nitrogens with one attached hydrogen (secondary N) is 1. The Labute approximate surface area is 118 Å². The Balaban J connectivity index is 2.68. The van der Waals surface area contributed by atoms with E-state index in [9.17, 15) is 9.59 Å². The second kappa shape index (κ2) is 7.14. The lowest BCUT2D eigenvalue weighted by Gasteiger charge is -2.20. The molecule has 0 radical (unpaired) electrons. The highest BCUT2D eigenvalue weighted by atomic mass is 35.5. The molecule has 0 saturated heterocycles. The molecule has 0 aliphatic rings. The predicted molar refractivity (Wildman–Crippen MR) is 76.2 cm³/mol. The lowest BCUT2D eigenvalue weighted by Crippen LogP contribution is -2.32. The highest BCUT2D eigenvalue weighted by Crippen LogP contribution is 2.10. The van der Waals surface area contributed by atoms with E-state index < -0.39 is 0 Å². The monoisotopic (exact) mass is 282 g/mol. The van der Waals surface area contributed by atoms with Crippen LogP contribution in [0.2, 0.25) is 0 Å². The molecule has 1 N–H and O–H groups in total. The van der Waals surface area contributed by atoms with Gasteiger partial charge in [-0.25, -0.2) is 0 Å². The molecule has 0 aromatic heterocycles. The molecule has 0 saturated carbocycles. The van der Waals surface area contributed by atoms with Gasteiger partial charge in [0.05, 0.1) is 0 Å². The van der Waals surface area contributed by atoms with Gasteiger partial charge in [-0.2, -0.15) is 0 Å². The van der Waals surface area contributed by atoms with Crippen molar-refractivity contribution in [2.75, 3.05) is 20.0 Å². The minimum atomic E-state index is -0.184. The fourth-order valence-electron chi connectivity index (χ4n) is 1.70. The Morgan fingerprint density at radius 3 is 2.37 bits per heavy atom. The lowest BCUT2D eigenvalue weighted by molar-refractivity contribution is -0.133. The van der Waals surface area contributed by atoms with Crippen LogP contribution in [0, 0.1) is 5.92 Å². The summed E-state index contributed by atoms with van der Waals surface area (Å²) in [7, 11) is 3.34. The maximum atomic E-state index is 11.9. The molecule has 0 aliphatic heterocycles. The first-order valence-corrected chi connectivity index (χ1v) is 6.65. The van der Waals surface area contributed by atoms with Gasteiger partial charge in [0.15, 0.2) is 0 Å². The number of nitrogens with zero attached hydrogens (tertiary/aromatic N) is 1. The normalized spacial score (nSPS) is 11.8. The van der Waals surface area contributed by atoms with Crippen LogP contribution in [0.5, 0.6) is 0 Å². The Morgan fingerprint density at radius 2 is 1.89 bits per heavy atom. The predicted octanol–water partition coefficient (Wildman–Crippen LogP) is 1.88. The second-order valence-corrected chi connectivity index (χ2v) is 4.83. The van der Waals surface area contributed by atoms with E-state index in [1.165, 1.54) is 0 Å². The second-order valence-electron chi connectivity index (χ2n) is 4.53. The van der Waals surface area contributed by atoms with Gasteiger partial charge in [0.25, 0.3) is 5.91 Å². The quantitative estimate of drug-likeness (QED) is 0.839. The first-order chi connectivity index (χ1) is 8.99. The van der Waals surface area contributed by atoms with E-state index in [1.54, 1.807) is 38.1 Å². The van der Waals surface area contributed by atoms with Crippen LogP contribution in [-0.4, -0.2) is 36.7 Å². The number of benzene rings is 1. The van der Waals surface area contributed by atoms with Crippen molar-refractivity contribution in [1.82, 2.24) is 10.2 Å². The van der Waals surface area contributed by atoms with Gasteiger partial charge >= 0.3 is 0 Å². The number of hydrogen-bond donors (Lipinski definition) is 1. The number of carbonyl (C=O) groups excluding carboxylic acids is 2. The Hall–Kier alpha value is -1.55. The van der Waals surface area contributed by atoms with Crippen molar-refractivity contribution in [3.8, 4) is 0 Å². The number of amides is 2. The van der Waals surface area contributed by atoms with Gasteiger partial charge in [-0.3, -0.25) is 9.59 Å². The van der Waals surface area contributed by atoms with Crippen LogP contribution in [0.1, 0.15) is 22.8 Å². The lowest BCUT2D eigenvalue weighted by atomic mass is 10.1. The standard InChI is InChI=1S/C14H19ClN2O2/c1-10(8-15)14(19)17(3)9-11-4-6-12(7-5-11)13(18)16-2/h4-7,10H,8-9H2,1-3H3,(H,16,18). The van der Waals surface area contributed by atoms with Gasteiger partial charge in [0.1, 0.15) is 0 Å². The minimum absolute atomic E-state index is 0.0189. The molecule has 1 aromatic rings. The third kappa shape index (κ3) is 4.24. The first kappa shape index (κ1) is 15.5. The maximum Gasteiger partial charge on any atom is 0.251 e. The van der Waals surface area contributed by atoms with Gasteiger partial charge in [-0.15, -0.1) is 11.6 Å². The van der Waals surface area contributed by atoms with E-state index in [0.29, 0.717) is 18.0 Å². The van der Waals surface area contributed by atoms with Gasteiger partial charge in [0, 0.05) is 38.0 Å². The molecule has 0 spiro atoms. The van der Waals surface area contributed by atoms with Crippen molar-refractivity contribution >= 4 is 23.4 Å². The highest BCUT2D eigenvalue weighted by Gasteiger charge is 2.16. The zero-order chi connectivity index (χ0) is 14.4. The van der Waals surface area contributed by atoms with Crippen molar-refractivity contribution in [3.63, 3.8) is 0 Å².